The van der Waals surface area contributed by atoms with E-state index < -0.39 is 0 Å². The molecule has 0 aromatic carbocycles. The van der Waals surface area contributed by atoms with Gasteiger partial charge in [-0.2, -0.15) is 0 Å². The average Bonchev–Trinajstić information content (AvgIpc) is 2.23. The zero-order valence-corrected chi connectivity index (χ0v) is 8.63. The van der Waals surface area contributed by atoms with Gasteiger partial charge in [0.15, 0.2) is 6.67 Å². The molecule has 2 aliphatic rings. The molecule has 0 aromatic heterocycles. The van der Waals surface area contributed by atoms with E-state index in [4.69, 9.17) is 4.74 Å². The summed E-state index contributed by atoms with van der Waals surface area (Å²) in [7, 11) is 0. The number of hydrogen-bond acceptors (Lipinski definition) is 2. The topological polar surface area (TPSA) is 34.0 Å². The summed E-state index contributed by atoms with van der Waals surface area (Å²) in [5, 5.41) is 0. The van der Waals surface area contributed by atoms with Crippen molar-refractivity contribution in [3.05, 3.63) is 0 Å². The van der Waals surface area contributed by atoms with E-state index in [1.54, 1.807) is 0 Å². The second-order valence-electron chi connectivity index (χ2n) is 4.13. The zero-order chi connectivity index (χ0) is 9.80. The number of nitrogens with one attached hydrogen (secondary N) is 1. The van der Waals surface area contributed by atoms with E-state index in [0.29, 0.717) is 5.91 Å². The summed E-state index contributed by atoms with van der Waals surface area (Å²) >= 11 is 0. The van der Waals surface area contributed by atoms with Gasteiger partial charge in [0.2, 0.25) is 5.91 Å². The molecule has 0 radical (unpaired) electrons. The molecule has 1 amide bonds. The van der Waals surface area contributed by atoms with E-state index in [1.165, 1.54) is 11.3 Å². The van der Waals surface area contributed by atoms with Crippen LogP contribution in [0.25, 0.3) is 0 Å². The number of quaternary nitrogens is 1. The van der Waals surface area contributed by atoms with Crippen LogP contribution in [0.1, 0.15) is 19.3 Å². The van der Waals surface area contributed by atoms with Crippen molar-refractivity contribution in [2.45, 2.75) is 19.3 Å². The maximum Gasteiger partial charge on any atom is 0.226 e. The Hall–Kier alpha value is -0.610. The average molecular weight is 199 g/mol. The molecule has 0 bridgehead atoms. The number of nitrogens with zero attached hydrogens (tertiary/aromatic N) is 1. The van der Waals surface area contributed by atoms with E-state index in [0.717, 1.165) is 52.4 Å². The van der Waals surface area contributed by atoms with Gasteiger partial charge in [-0.05, 0) is 12.8 Å². The van der Waals surface area contributed by atoms with Gasteiger partial charge in [-0.25, -0.2) is 0 Å². The minimum atomic E-state index is 0.343. The minimum absolute atomic E-state index is 0.343. The largest absolute Gasteiger partial charge is 0.370 e. The molecule has 1 N–H and O–H groups in total. The molecule has 2 fully saturated rings. The number of carbonyl (C=O) groups excluding carboxylic acids is 1. The van der Waals surface area contributed by atoms with Crippen LogP contribution in [0.3, 0.4) is 0 Å². The molecule has 0 aromatic rings. The number of ether oxygens (including phenoxy) is 1. The third kappa shape index (κ3) is 2.45. The van der Waals surface area contributed by atoms with Gasteiger partial charge in [0, 0.05) is 13.0 Å². The number of piperidine rings is 1. The van der Waals surface area contributed by atoms with Gasteiger partial charge < -0.3 is 9.64 Å². The number of amides is 1. The Morgan fingerprint density at radius 2 is 2.07 bits per heavy atom. The van der Waals surface area contributed by atoms with Crippen LogP contribution in [0.2, 0.25) is 0 Å². The van der Waals surface area contributed by atoms with Crippen LogP contribution in [-0.2, 0) is 9.53 Å². The maximum absolute atomic E-state index is 11.5. The summed E-state index contributed by atoms with van der Waals surface area (Å²) in [6.45, 7) is 5.63. The highest BCUT2D eigenvalue weighted by Crippen LogP contribution is 2.08. The van der Waals surface area contributed by atoms with Gasteiger partial charge in [0.1, 0.15) is 13.1 Å². The van der Waals surface area contributed by atoms with Gasteiger partial charge in [-0.1, -0.05) is 0 Å². The number of morpholine rings is 1. The highest BCUT2D eigenvalue weighted by Gasteiger charge is 2.23. The van der Waals surface area contributed by atoms with Crippen molar-refractivity contribution < 1.29 is 14.4 Å². The summed E-state index contributed by atoms with van der Waals surface area (Å²) in [6, 6.07) is 0. The molecule has 0 aliphatic carbocycles. The molecule has 2 rings (SSSR count). The predicted molar refractivity (Wildman–Crippen MR) is 51.9 cm³/mol. The third-order valence-corrected chi connectivity index (χ3v) is 3.04. The Bertz CT molecular complexity index is 202. The van der Waals surface area contributed by atoms with E-state index in [9.17, 15) is 4.79 Å². The normalized spacial score (nSPS) is 25.4. The van der Waals surface area contributed by atoms with E-state index in [-0.39, 0.29) is 0 Å². The minimum Gasteiger partial charge on any atom is -0.370 e. The van der Waals surface area contributed by atoms with Crippen molar-refractivity contribution in [1.29, 1.82) is 0 Å². The quantitative estimate of drug-likeness (QED) is 0.611. The summed E-state index contributed by atoms with van der Waals surface area (Å²) in [5.74, 6) is 0.343. The lowest BCUT2D eigenvalue weighted by Crippen LogP contribution is -3.15. The van der Waals surface area contributed by atoms with Gasteiger partial charge >= 0.3 is 0 Å². The van der Waals surface area contributed by atoms with E-state index >= 15 is 0 Å². The first-order valence-electron chi connectivity index (χ1n) is 5.55. The second kappa shape index (κ2) is 4.75. The Balaban J connectivity index is 1.79. The fourth-order valence-electron chi connectivity index (χ4n) is 2.12. The third-order valence-electron chi connectivity index (χ3n) is 3.04. The SMILES string of the molecule is O=C1CCCCN1C[NH+]1CCOCC1. The smallest absolute Gasteiger partial charge is 0.226 e. The Labute approximate surface area is 84.8 Å². The lowest BCUT2D eigenvalue weighted by molar-refractivity contribution is -0.916. The maximum atomic E-state index is 11.5. The Kier molecular flexibility index (Phi) is 3.37. The zero-order valence-electron chi connectivity index (χ0n) is 8.63. The molecule has 2 aliphatic heterocycles. The predicted octanol–water partition coefficient (Wildman–Crippen LogP) is -1.13. The molecular formula is C10H19N2O2+. The number of hydrogen-bond donors (Lipinski definition) is 1. The molecule has 0 spiro atoms. The van der Waals surface area contributed by atoms with Crippen LogP contribution >= 0.6 is 0 Å². The summed E-state index contributed by atoms with van der Waals surface area (Å²) in [4.78, 5) is 15.1. The van der Waals surface area contributed by atoms with Gasteiger partial charge in [0.05, 0.1) is 13.2 Å². The van der Waals surface area contributed by atoms with Crippen molar-refractivity contribution in [2.24, 2.45) is 0 Å². The number of carbonyl (C=O) groups is 1. The molecule has 0 atom stereocenters. The van der Waals surface area contributed by atoms with Crippen LogP contribution in [0.5, 0.6) is 0 Å². The molecule has 0 saturated carbocycles. The molecule has 4 heteroatoms. The van der Waals surface area contributed by atoms with Crippen molar-refractivity contribution in [3.63, 3.8) is 0 Å². The van der Waals surface area contributed by atoms with Crippen LogP contribution in [0.15, 0.2) is 0 Å². The van der Waals surface area contributed by atoms with E-state index in [1.807, 2.05) is 4.90 Å². The standard InChI is InChI=1S/C10H18N2O2/c13-10-3-1-2-4-12(10)9-11-5-7-14-8-6-11/h1-9H2/p+1. The lowest BCUT2D eigenvalue weighted by Gasteiger charge is -2.32. The van der Waals surface area contributed by atoms with Crippen LogP contribution in [0, 0.1) is 0 Å². The van der Waals surface area contributed by atoms with Gasteiger partial charge in [-0.3, -0.25) is 9.69 Å². The van der Waals surface area contributed by atoms with Crippen molar-refractivity contribution in [2.75, 3.05) is 39.5 Å². The fourth-order valence-corrected chi connectivity index (χ4v) is 2.12. The Morgan fingerprint density at radius 1 is 1.29 bits per heavy atom. The molecule has 2 heterocycles. The first-order chi connectivity index (χ1) is 6.86. The van der Waals surface area contributed by atoms with Gasteiger partial charge in [-0.15, -0.1) is 0 Å². The molecule has 2 saturated heterocycles. The van der Waals surface area contributed by atoms with Crippen molar-refractivity contribution in [3.8, 4) is 0 Å². The van der Waals surface area contributed by atoms with Crippen LogP contribution in [-0.4, -0.2) is 50.3 Å². The monoisotopic (exact) mass is 199 g/mol. The Morgan fingerprint density at radius 3 is 2.79 bits per heavy atom. The highest BCUT2D eigenvalue weighted by atomic mass is 16.5. The molecular weight excluding hydrogens is 180 g/mol. The molecule has 4 nitrogen and oxygen atoms in total. The van der Waals surface area contributed by atoms with Crippen molar-refractivity contribution in [1.82, 2.24) is 4.90 Å². The summed E-state index contributed by atoms with van der Waals surface area (Å²) in [6.07, 6.45) is 3.01. The fraction of sp³-hybridized carbons (Fsp3) is 0.900. The van der Waals surface area contributed by atoms with Crippen LogP contribution in [0.4, 0.5) is 0 Å². The number of likely N-dealkylation sites (tertiary alicyclic amines) is 1. The van der Waals surface area contributed by atoms with Crippen LogP contribution < -0.4 is 4.90 Å². The molecule has 0 unspecified atom stereocenters. The highest BCUT2D eigenvalue weighted by molar-refractivity contribution is 5.76. The first-order valence-corrected chi connectivity index (χ1v) is 5.55. The first kappa shape index (κ1) is 9.93. The van der Waals surface area contributed by atoms with E-state index in [2.05, 4.69) is 0 Å². The summed E-state index contributed by atoms with van der Waals surface area (Å²) in [5.41, 5.74) is 0. The summed E-state index contributed by atoms with van der Waals surface area (Å²) < 4.78 is 5.29. The lowest BCUT2D eigenvalue weighted by atomic mass is 10.1. The van der Waals surface area contributed by atoms with Crippen molar-refractivity contribution >= 4 is 5.91 Å². The molecule has 14 heavy (non-hydrogen) atoms. The number of rotatable bonds is 2. The van der Waals surface area contributed by atoms with Gasteiger partial charge in [0.25, 0.3) is 0 Å². The second-order valence-corrected chi connectivity index (χ2v) is 4.13. The molecule has 80 valence electrons.